The summed E-state index contributed by atoms with van der Waals surface area (Å²) in [5.74, 6) is 1.31. The zero-order valence-electron chi connectivity index (χ0n) is 18.3. The summed E-state index contributed by atoms with van der Waals surface area (Å²) in [5, 5.41) is 8.88. The van der Waals surface area contributed by atoms with Gasteiger partial charge in [-0.2, -0.15) is 0 Å². The van der Waals surface area contributed by atoms with E-state index in [0.717, 1.165) is 58.6 Å². The van der Waals surface area contributed by atoms with E-state index in [4.69, 9.17) is 4.52 Å². The Labute approximate surface area is 187 Å². The number of rotatable bonds is 3. The smallest absolute Gasteiger partial charge is 0.196 e. The van der Waals surface area contributed by atoms with Gasteiger partial charge in [-0.1, -0.05) is 54.5 Å². The minimum atomic E-state index is 0.0101. The van der Waals surface area contributed by atoms with Gasteiger partial charge in [0.1, 0.15) is 5.52 Å². The van der Waals surface area contributed by atoms with E-state index in [2.05, 4.69) is 41.4 Å². The van der Waals surface area contributed by atoms with Crippen LogP contribution in [0.5, 0.6) is 0 Å². The zero-order valence-corrected chi connectivity index (χ0v) is 18.3. The van der Waals surface area contributed by atoms with Crippen molar-refractivity contribution in [3.63, 3.8) is 0 Å². The number of carbonyl (C=O) groups is 1. The fraction of sp³-hybridized carbons (Fsp3) is 0.259. The lowest BCUT2D eigenvalue weighted by Crippen LogP contribution is -2.34. The molecule has 32 heavy (non-hydrogen) atoms. The molecule has 5 nitrogen and oxygen atoms in total. The molecule has 3 aromatic carbocycles. The van der Waals surface area contributed by atoms with Crippen LogP contribution in [-0.2, 0) is 0 Å². The molecule has 1 N–H and O–H groups in total. The normalized spacial score (nSPS) is 17.5. The molecule has 4 aromatic rings. The van der Waals surface area contributed by atoms with Gasteiger partial charge in [0.25, 0.3) is 0 Å². The molecule has 1 aliphatic heterocycles. The van der Waals surface area contributed by atoms with E-state index in [1.165, 1.54) is 6.42 Å². The monoisotopic (exact) mass is 423 g/mol. The maximum absolute atomic E-state index is 13.7. The molecule has 0 unspecified atom stereocenters. The Hall–Kier alpha value is -3.60. The van der Waals surface area contributed by atoms with Gasteiger partial charge < -0.3 is 14.7 Å². The molecule has 0 spiro atoms. The number of nitrogens with zero attached hydrogens (tertiary/aromatic N) is 2. The summed E-state index contributed by atoms with van der Waals surface area (Å²) in [4.78, 5) is 16.1. The van der Waals surface area contributed by atoms with Gasteiger partial charge in [0.15, 0.2) is 11.5 Å². The number of piperidine rings is 1. The minimum Gasteiger partial charge on any atom is -0.369 e. The van der Waals surface area contributed by atoms with Crippen molar-refractivity contribution >= 4 is 33.7 Å². The molecular formula is C27H25N3O2. The Morgan fingerprint density at radius 2 is 1.84 bits per heavy atom. The van der Waals surface area contributed by atoms with Crippen LogP contribution in [0.25, 0.3) is 22.2 Å². The number of para-hydroxylation sites is 1. The summed E-state index contributed by atoms with van der Waals surface area (Å²) in [6, 6.07) is 17.9. The minimum absolute atomic E-state index is 0.0101. The maximum Gasteiger partial charge on any atom is 0.196 e. The molecule has 2 aliphatic rings. The first-order valence-electron chi connectivity index (χ1n) is 11.3. The third kappa shape index (κ3) is 2.84. The van der Waals surface area contributed by atoms with Crippen LogP contribution in [0.1, 0.15) is 41.3 Å². The number of carbonyl (C=O) groups excluding carboxylic acids is 1. The Morgan fingerprint density at radius 1 is 1.06 bits per heavy atom. The lowest BCUT2D eigenvalue weighted by Gasteiger charge is -2.33. The summed E-state index contributed by atoms with van der Waals surface area (Å²) in [7, 11) is 0. The van der Waals surface area contributed by atoms with Crippen molar-refractivity contribution < 1.29 is 9.32 Å². The van der Waals surface area contributed by atoms with Gasteiger partial charge in [0.2, 0.25) is 0 Å². The van der Waals surface area contributed by atoms with E-state index in [1.54, 1.807) is 0 Å². The average Bonchev–Trinajstić information content (AvgIpc) is 3.24. The summed E-state index contributed by atoms with van der Waals surface area (Å²) in [6.07, 6.45) is 2.39. The molecule has 1 aromatic heterocycles. The van der Waals surface area contributed by atoms with Crippen LogP contribution in [0.2, 0.25) is 0 Å². The van der Waals surface area contributed by atoms with Crippen LogP contribution >= 0.6 is 0 Å². The maximum atomic E-state index is 13.7. The highest BCUT2D eigenvalue weighted by molar-refractivity contribution is 6.28. The number of ketones is 1. The second kappa shape index (κ2) is 7.23. The largest absolute Gasteiger partial charge is 0.369 e. The van der Waals surface area contributed by atoms with Gasteiger partial charge in [-0.15, -0.1) is 0 Å². The van der Waals surface area contributed by atoms with Crippen LogP contribution in [0.3, 0.4) is 0 Å². The SMILES string of the molecule is Cc1ccccc1Nc1cc(N2CCC[C@@H](C)C2)c2noc3c2c1C(=O)c1ccccc1-3. The Balaban J connectivity index is 1.62. The Kier molecular flexibility index (Phi) is 4.32. The van der Waals surface area contributed by atoms with E-state index in [0.29, 0.717) is 22.8 Å². The summed E-state index contributed by atoms with van der Waals surface area (Å²) in [6.45, 7) is 6.32. The number of hydrogen-bond donors (Lipinski definition) is 1. The highest BCUT2D eigenvalue weighted by Crippen LogP contribution is 2.46. The molecule has 0 saturated carbocycles. The van der Waals surface area contributed by atoms with Crippen LogP contribution < -0.4 is 10.2 Å². The summed E-state index contributed by atoms with van der Waals surface area (Å²) in [5.41, 5.74) is 6.86. The highest BCUT2D eigenvalue weighted by atomic mass is 16.5. The first-order valence-corrected chi connectivity index (χ1v) is 11.3. The fourth-order valence-corrected chi connectivity index (χ4v) is 5.15. The van der Waals surface area contributed by atoms with Gasteiger partial charge in [0.05, 0.1) is 22.3 Å². The lowest BCUT2D eigenvalue weighted by atomic mass is 9.86. The van der Waals surface area contributed by atoms with Crippen LogP contribution in [0, 0.1) is 12.8 Å². The molecule has 1 fully saturated rings. The molecule has 1 atom stereocenters. The van der Waals surface area contributed by atoms with Crippen LogP contribution in [0.4, 0.5) is 17.1 Å². The lowest BCUT2D eigenvalue weighted by molar-refractivity contribution is 0.104. The molecule has 6 rings (SSSR count). The Morgan fingerprint density at radius 3 is 2.66 bits per heavy atom. The number of anilines is 3. The number of fused-ring (bicyclic) bond motifs is 2. The van der Waals surface area contributed by atoms with Crippen LogP contribution in [-0.4, -0.2) is 24.0 Å². The van der Waals surface area contributed by atoms with Gasteiger partial charge in [-0.05, 0) is 43.4 Å². The van der Waals surface area contributed by atoms with Crippen LogP contribution in [0.15, 0.2) is 59.1 Å². The fourth-order valence-electron chi connectivity index (χ4n) is 5.15. The molecule has 2 heterocycles. The van der Waals surface area contributed by atoms with Crippen molar-refractivity contribution in [2.75, 3.05) is 23.3 Å². The second-order valence-corrected chi connectivity index (χ2v) is 9.06. The van der Waals surface area contributed by atoms with E-state index in [9.17, 15) is 4.79 Å². The second-order valence-electron chi connectivity index (χ2n) is 9.06. The number of aromatic nitrogens is 1. The first-order chi connectivity index (χ1) is 15.6. The zero-order chi connectivity index (χ0) is 21.8. The topological polar surface area (TPSA) is 58.4 Å². The van der Waals surface area contributed by atoms with Gasteiger partial charge in [-0.25, -0.2) is 0 Å². The number of benzene rings is 3. The quantitative estimate of drug-likeness (QED) is 0.368. The van der Waals surface area contributed by atoms with Crippen molar-refractivity contribution in [2.24, 2.45) is 5.92 Å². The molecule has 160 valence electrons. The predicted octanol–water partition coefficient (Wildman–Crippen LogP) is 6.33. The molecule has 0 radical (unpaired) electrons. The summed E-state index contributed by atoms with van der Waals surface area (Å²) < 4.78 is 5.90. The van der Waals surface area contributed by atoms with Gasteiger partial charge in [0, 0.05) is 29.9 Å². The molecule has 5 heteroatoms. The van der Waals surface area contributed by atoms with E-state index < -0.39 is 0 Å². The Bertz CT molecular complexity index is 1370. The average molecular weight is 424 g/mol. The van der Waals surface area contributed by atoms with Crippen molar-refractivity contribution in [2.45, 2.75) is 26.7 Å². The third-order valence-corrected chi connectivity index (χ3v) is 6.79. The summed E-state index contributed by atoms with van der Waals surface area (Å²) >= 11 is 0. The predicted molar refractivity (Wildman–Crippen MR) is 128 cm³/mol. The van der Waals surface area contributed by atoms with Crippen molar-refractivity contribution in [1.29, 1.82) is 0 Å². The van der Waals surface area contributed by atoms with E-state index in [1.807, 2.05) is 42.5 Å². The first kappa shape index (κ1) is 19.1. The van der Waals surface area contributed by atoms with Gasteiger partial charge in [-0.3, -0.25) is 4.79 Å². The number of aryl methyl sites for hydroxylation is 1. The van der Waals surface area contributed by atoms with Crippen molar-refractivity contribution in [3.8, 4) is 11.3 Å². The van der Waals surface area contributed by atoms with Crippen molar-refractivity contribution in [1.82, 2.24) is 5.16 Å². The van der Waals surface area contributed by atoms with E-state index >= 15 is 0 Å². The molecule has 1 aliphatic carbocycles. The highest BCUT2D eigenvalue weighted by Gasteiger charge is 2.34. The van der Waals surface area contributed by atoms with E-state index in [-0.39, 0.29) is 5.78 Å². The molecule has 0 bridgehead atoms. The molecule has 1 saturated heterocycles. The van der Waals surface area contributed by atoms with Crippen molar-refractivity contribution in [3.05, 3.63) is 71.3 Å². The number of hydrogen-bond acceptors (Lipinski definition) is 5. The standard InChI is InChI=1S/C27H25N3O2/c1-16-8-7-13-30(15-16)22-14-21(28-20-12-6-3-9-17(20)2)23-24-25(22)29-32-27(24)19-11-5-4-10-18(19)26(23)31/h3-6,9-12,14,16,28H,7-8,13,15H2,1-2H3/t16-/m1/s1. The number of nitrogens with one attached hydrogen (secondary N) is 1. The third-order valence-electron chi connectivity index (χ3n) is 6.79. The van der Waals surface area contributed by atoms with Gasteiger partial charge >= 0.3 is 0 Å². The molecule has 0 amide bonds. The molecular weight excluding hydrogens is 398 g/mol.